The molecule has 0 radical (unpaired) electrons. The molecule has 0 N–H and O–H groups in total. The van der Waals surface area contributed by atoms with Crippen LogP contribution in [0.4, 0.5) is 0 Å². The number of fused-ring (bicyclic) bond motifs is 1. The van der Waals surface area contributed by atoms with Crippen molar-refractivity contribution < 1.29 is 0 Å². The van der Waals surface area contributed by atoms with Crippen LogP contribution in [0, 0.1) is 0 Å². The lowest BCUT2D eigenvalue weighted by Crippen LogP contribution is -1.89. The Hall–Kier alpha value is -0.690. The van der Waals surface area contributed by atoms with Crippen LogP contribution in [0.3, 0.4) is 0 Å². The molecule has 1 aliphatic carbocycles. The van der Waals surface area contributed by atoms with E-state index in [1.165, 1.54) is 16.7 Å². The average Bonchev–Trinajstić information content (AvgIpc) is 2.30. The van der Waals surface area contributed by atoms with E-state index < -0.39 is 0 Å². The van der Waals surface area contributed by atoms with Crippen molar-refractivity contribution in [2.75, 3.05) is 0 Å². The zero-order valence-electron chi connectivity index (χ0n) is 6.46. The van der Waals surface area contributed by atoms with Gasteiger partial charge >= 0.3 is 0 Å². The first-order chi connectivity index (χ1) is 5.29. The zero-order valence-corrected chi connectivity index (χ0v) is 7.46. The van der Waals surface area contributed by atoms with Gasteiger partial charge in [0.1, 0.15) is 0 Å². The first-order valence-corrected chi connectivity index (χ1v) is 4.35. The molecular weight excluding hydrogens is 152 g/mol. The van der Waals surface area contributed by atoms with Gasteiger partial charge in [-0.25, -0.2) is 0 Å². The highest BCUT2D eigenvalue weighted by Crippen LogP contribution is 2.34. The van der Waals surface area contributed by atoms with Crippen LogP contribution in [0.2, 0.25) is 0 Å². The van der Waals surface area contributed by atoms with Gasteiger partial charge in [-0.15, -0.1) is 0 Å². The second kappa shape index (κ2) is 2.42. The molecule has 0 aromatic heterocycles. The van der Waals surface area contributed by atoms with Crippen molar-refractivity contribution in [1.29, 1.82) is 0 Å². The van der Waals surface area contributed by atoms with Crippen LogP contribution in [0.25, 0.3) is 6.08 Å². The summed E-state index contributed by atoms with van der Waals surface area (Å²) in [7, 11) is 0. The molecule has 0 nitrogen and oxygen atoms in total. The van der Waals surface area contributed by atoms with Gasteiger partial charge in [0.05, 0.1) is 0 Å². The molecule has 56 valence electrons. The van der Waals surface area contributed by atoms with E-state index in [-0.39, 0.29) is 0 Å². The van der Waals surface area contributed by atoms with Crippen LogP contribution >= 0.6 is 0 Å². The Labute approximate surface area is 72.4 Å². The van der Waals surface area contributed by atoms with Crippen molar-refractivity contribution in [3.8, 4) is 0 Å². The second-order valence-corrected chi connectivity index (χ2v) is 3.53. The van der Waals surface area contributed by atoms with Crippen molar-refractivity contribution in [2.45, 2.75) is 12.2 Å². The van der Waals surface area contributed by atoms with Crippen LogP contribution < -0.4 is 0 Å². The lowest BCUT2D eigenvalue weighted by atomic mass is 10.1. The van der Waals surface area contributed by atoms with Crippen molar-refractivity contribution in [3.63, 3.8) is 0 Å². The summed E-state index contributed by atoms with van der Waals surface area (Å²) in [4.78, 5) is 0. The molecule has 0 aliphatic heterocycles. The fraction of sp³-hybridized carbons (Fsp3) is 0.200. The van der Waals surface area contributed by atoms with Crippen LogP contribution in [-0.2, 0) is 12.6 Å². The Kier molecular flexibility index (Phi) is 1.53. The van der Waals surface area contributed by atoms with Crippen molar-refractivity contribution in [3.05, 3.63) is 41.0 Å². The fourth-order valence-corrected chi connectivity index (χ4v) is 1.83. The van der Waals surface area contributed by atoms with Crippen LogP contribution in [0.5, 0.6) is 0 Å². The van der Waals surface area contributed by atoms with Gasteiger partial charge in [-0.05, 0) is 30.7 Å². The summed E-state index contributed by atoms with van der Waals surface area (Å²) >= 11 is 3.68. The minimum Gasteiger partial charge on any atom is -0.0617 e. The molecule has 1 heteroatoms. The van der Waals surface area contributed by atoms with Crippen molar-refractivity contribution in [1.82, 2.24) is 0 Å². The Bertz CT molecular complexity index is 312. The SMILES string of the molecule is CC1=Cc2ccccc2C1[SH2+]. The number of hydrogen-bond donors (Lipinski definition) is 0. The summed E-state index contributed by atoms with van der Waals surface area (Å²) in [5, 5.41) is 0.436. The standard InChI is InChI=1S/C10H10S/c1-7-6-8-4-2-3-5-9(8)10(7)11/h2-6,10-11H,1H3/p+1. The van der Waals surface area contributed by atoms with E-state index in [1.54, 1.807) is 0 Å². The fourth-order valence-electron chi connectivity index (χ4n) is 1.48. The molecule has 1 unspecified atom stereocenters. The molecule has 1 atom stereocenters. The van der Waals surface area contributed by atoms with Gasteiger partial charge in [0.2, 0.25) is 0 Å². The van der Waals surface area contributed by atoms with E-state index >= 15 is 0 Å². The highest BCUT2D eigenvalue weighted by atomic mass is 32.1. The minimum atomic E-state index is 0.436. The first kappa shape index (κ1) is 6.99. The van der Waals surface area contributed by atoms with Crippen LogP contribution in [0.1, 0.15) is 23.3 Å². The quantitative estimate of drug-likeness (QED) is 0.514. The number of benzene rings is 1. The number of rotatable bonds is 0. The molecule has 0 fully saturated rings. The molecule has 0 saturated heterocycles. The van der Waals surface area contributed by atoms with E-state index in [0.29, 0.717) is 5.25 Å². The smallest absolute Gasteiger partial charge is 0.0617 e. The Morgan fingerprint density at radius 1 is 1.27 bits per heavy atom. The summed E-state index contributed by atoms with van der Waals surface area (Å²) in [5.74, 6) is 0. The van der Waals surface area contributed by atoms with E-state index in [1.807, 2.05) is 0 Å². The molecule has 1 aromatic carbocycles. The molecule has 1 aromatic rings. The molecule has 11 heavy (non-hydrogen) atoms. The minimum absolute atomic E-state index is 0.436. The second-order valence-electron chi connectivity index (χ2n) is 2.95. The third-order valence-corrected chi connectivity index (χ3v) is 2.91. The van der Waals surface area contributed by atoms with Gasteiger partial charge in [0.25, 0.3) is 0 Å². The van der Waals surface area contributed by atoms with Gasteiger partial charge in [0, 0.05) is 5.56 Å². The van der Waals surface area contributed by atoms with Crippen molar-refractivity contribution >= 4 is 18.7 Å². The number of hydrogen-bond acceptors (Lipinski definition) is 0. The maximum absolute atomic E-state index is 3.68. The van der Waals surface area contributed by atoms with Gasteiger partial charge in [-0.2, -0.15) is 0 Å². The van der Waals surface area contributed by atoms with E-state index in [9.17, 15) is 0 Å². The largest absolute Gasteiger partial charge is 0.160 e. The normalized spacial score (nSPS) is 21.3. The molecule has 0 amide bonds. The molecule has 0 bridgehead atoms. The van der Waals surface area contributed by atoms with E-state index in [4.69, 9.17) is 0 Å². The molecule has 1 aliphatic rings. The van der Waals surface area contributed by atoms with Crippen LogP contribution in [0.15, 0.2) is 29.8 Å². The predicted molar refractivity (Wildman–Crippen MR) is 53.0 cm³/mol. The Morgan fingerprint density at radius 3 is 2.73 bits per heavy atom. The lowest BCUT2D eigenvalue weighted by Gasteiger charge is -1.99. The molecule has 0 saturated carbocycles. The van der Waals surface area contributed by atoms with Gasteiger partial charge in [-0.1, -0.05) is 30.3 Å². The highest BCUT2D eigenvalue weighted by Gasteiger charge is 2.22. The molecule has 2 rings (SSSR count). The summed E-state index contributed by atoms with van der Waals surface area (Å²) < 4.78 is 0. The van der Waals surface area contributed by atoms with Crippen molar-refractivity contribution in [2.24, 2.45) is 0 Å². The monoisotopic (exact) mass is 163 g/mol. The highest BCUT2D eigenvalue weighted by molar-refractivity contribution is 7.59. The van der Waals surface area contributed by atoms with Gasteiger partial charge < -0.3 is 0 Å². The summed E-state index contributed by atoms with van der Waals surface area (Å²) in [6.45, 7) is 2.15. The Morgan fingerprint density at radius 2 is 2.00 bits per heavy atom. The first-order valence-electron chi connectivity index (χ1n) is 3.77. The molecule has 0 heterocycles. The maximum atomic E-state index is 3.68. The summed E-state index contributed by atoms with van der Waals surface area (Å²) in [6, 6.07) is 8.48. The van der Waals surface area contributed by atoms with E-state index in [2.05, 4.69) is 49.9 Å². The lowest BCUT2D eigenvalue weighted by molar-refractivity contribution is 1.17. The predicted octanol–water partition coefficient (Wildman–Crippen LogP) is 2.16. The van der Waals surface area contributed by atoms with Gasteiger partial charge in [-0.3, -0.25) is 0 Å². The summed E-state index contributed by atoms with van der Waals surface area (Å²) in [6.07, 6.45) is 2.23. The van der Waals surface area contributed by atoms with E-state index in [0.717, 1.165) is 0 Å². The van der Waals surface area contributed by atoms with Gasteiger partial charge in [0.15, 0.2) is 5.25 Å². The van der Waals surface area contributed by atoms with Crippen LogP contribution in [-0.4, -0.2) is 0 Å². The topological polar surface area (TPSA) is 0 Å². The average molecular weight is 163 g/mol. The maximum Gasteiger partial charge on any atom is 0.160 e. The third kappa shape index (κ3) is 1.000. The Balaban J connectivity index is 2.58. The third-order valence-electron chi connectivity index (χ3n) is 2.15. The molecular formula is C10H11S+. The summed E-state index contributed by atoms with van der Waals surface area (Å²) in [5.41, 5.74) is 4.13. The molecule has 0 spiro atoms. The zero-order chi connectivity index (χ0) is 7.84.